The molecule has 0 bridgehead atoms. The number of rotatable bonds is 3. The highest BCUT2D eigenvalue weighted by molar-refractivity contribution is 7.89. The molecule has 1 amide bonds. The average molecular weight is 480 g/mol. The van der Waals surface area contributed by atoms with Crippen molar-refractivity contribution in [1.82, 2.24) is 24.1 Å². The van der Waals surface area contributed by atoms with Crippen LogP contribution in [-0.4, -0.2) is 78.2 Å². The number of likely N-dealkylation sites (N-methyl/N-ethyl adjacent to an activating group) is 1. The van der Waals surface area contributed by atoms with Crippen LogP contribution in [0.25, 0.3) is 10.9 Å². The van der Waals surface area contributed by atoms with E-state index in [0.29, 0.717) is 23.1 Å². The van der Waals surface area contributed by atoms with Crippen LogP contribution in [0, 0.1) is 0 Å². The largest absolute Gasteiger partial charge is 0.345 e. The molecule has 2 aromatic heterocycles. The number of nitrogens with zero attached hydrogens (tertiary/aromatic N) is 4. The van der Waals surface area contributed by atoms with E-state index in [4.69, 9.17) is 11.6 Å². The minimum Gasteiger partial charge on any atom is -0.345 e. The molecule has 4 heterocycles. The summed E-state index contributed by atoms with van der Waals surface area (Å²) >= 11 is 7.47. The van der Waals surface area contributed by atoms with E-state index in [1.54, 1.807) is 29.2 Å². The number of carbonyl (C=O) groups excluding carboxylic acids is 1. The van der Waals surface area contributed by atoms with Crippen LogP contribution in [0.5, 0.6) is 0 Å². The van der Waals surface area contributed by atoms with Crippen molar-refractivity contribution in [1.29, 1.82) is 0 Å². The van der Waals surface area contributed by atoms with E-state index < -0.39 is 10.0 Å². The number of aromatic amines is 1. The summed E-state index contributed by atoms with van der Waals surface area (Å²) in [6.07, 6.45) is 0.858. The van der Waals surface area contributed by atoms with Crippen molar-refractivity contribution in [2.45, 2.75) is 18.0 Å². The number of hydrogen-bond donors (Lipinski definition) is 1. The predicted octanol–water partition coefficient (Wildman–Crippen LogP) is 2.41. The Morgan fingerprint density at radius 1 is 1.16 bits per heavy atom. The van der Waals surface area contributed by atoms with Gasteiger partial charge in [0.25, 0.3) is 15.9 Å². The third kappa shape index (κ3) is 3.87. The first-order valence-electron chi connectivity index (χ1n) is 10.1. The van der Waals surface area contributed by atoms with E-state index in [0.717, 1.165) is 41.0 Å². The van der Waals surface area contributed by atoms with Crippen LogP contribution >= 0.6 is 22.9 Å². The molecule has 1 N–H and O–H groups in total. The number of piperazine rings is 1. The maximum Gasteiger partial charge on any atom is 0.282 e. The van der Waals surface area contributed by atoms with Crippen LogP contribution in [0.1, 0.15) is 20.4 Å². The summed E-state index contributed by atoms with van der Waals surface area (Å²) in [5.41, 5.74) is 1.74. The number of hydrogen-bond acceptors (Lipinski definition) is 6. The number of carbonyl (C=O) groups is 1. The summed E-state index contributed by atoms with van der Waals surface area (Å²) in [6.45, 7) is 2.95. The van der Waals surface area contributed by atoms with Gasteiger partial charge >= 0.3 is 0 Å². The molecule has 3 aromatic rings. The molecule has 2 aliphatic rings. The van der Waals surface area contributed by atoms with E-state index in [1.807, 2.05) is 0 Å². The van der Waals surface area contributed by atoms with Gasteiger partial charge in [0, 0.05) is 66.5 Å². The molecule has 0 unspecified atom stereocenters. The Hall–Kier alpha value is -1.98. The third-order valence-corrected chi connectivity index (χ3v) is 8.93. The highest BCUT2D eigenvalue weighted by Gasteiger charge is 2.33. The van der Waals surface area contributed by atoms with Gasteiger partial charge in [-0.05, 0) is 31.3 Å². The van der Waals surface area contributed by atoms with E-state index >= 15 is 0 Å². The normalized spacial score (nSPS) is 18.5. The highest BCUT2D eigenvalue weighted by atomic mass is 35.5. The first kappa shape index (κ1) is 20.9. The van der Waals surface area contributed by atoms with Crippen molar-refractivity contribution in [3.8, 4) is 0 Å². The SMILES string of the molecule is CN1CCc2nc(C(=O)N3CCN(S(=O)(=O)c4cc5cc(Cl)ccc5[nH]4)CC3)sc2C1. The van der Waals surface area contributed by atoms with Crippen LogP contribution in [0.4, 0.5) is 0 Å². The molecular weight excluding hydrogens is 458 g/mol. The molecule has 0 spiro atoms. The van der Waals surface area contributed by atoms with Crippen molar-refractivity contribution in [3.63, 3.8) is 0 Å². The Bertz CT molecular complexity index is 1260. The lowest BCUT2D eigenvalue weighted by Crippen LogP contribution is -2.50. The number of halogens is 1. The second-order valence-electron chi connectivity index (χ2n) is 7.94. The highest BCUT2D eigenvalue weighted by Crippen LogP contribution is 2.27. The van der Waals surface area contributed by atoms with E-state index in [1.165, 1.54) is 15.6 Å². The molecule has 31 heavy (non-hydrogen) atoms. The molecule has 8 nitrogen and oxygen atoms in total. The van der Waals surface area contributed by atoms with Gasteiger partial charge in [-0.1, -0.05) is 11.6 Å². The summed E-state index contributed by atoms with van der Waals surface area (Å²) < 4.78 is 27.6. The molecule has 0 atom stereocenters. The predicted molar refractivity (Wildman–Crippen MR) is 120 cm³/mol. The summed E-state index contributed by atoms with van der Waals surface area (Å²) in [7, 11) is -1.62. The van der Waals surface area contributed by atoms with Crippen molar-refractivity contribution in [3.05, 3.63) is 44.9 Å². The summed E-state index contributed by atoms with van der Waals surface area (Å²) in [5, 5.41) is 1.95. The minimum absolute atomic E-state index is 0.112. The molecule has 2 aliphatic heterocycles. The second-order valence-corrected chi connectivity index (χ2v) is 11.4. The standard InChI is InChI=1S/C20H22ClN5O3S2/c1-24-5-4-16-17(12-24)30-19(23-16)20(27)25-6-8-26(9-7-25)31(28,29)18-11-13-10-14(21)2-3-15(13)22-18/h2-3,10-11,22H,4-9,12H2,1H3. The van der Waals surface area contributed by atoms with E-state index in [-0.39, 0.29) is 24.0 Å². The lowest BCUT2D eigenvalue weighted by atomic mass is 10.2. The van der Waals surface area contributed by atoms with Crippen LogP contribution in [-0.2, 0) is 23.0 Å². The fourth-order valence-electron chi connectivity index (χ4n) is 4.04. The van der Waals surface area contributed by atoms with Gasteiger partial charge in [-0.15, -0.1) is 11.3 Å². The summed E-state index contributed by atoms with van der Waals surface area (Å²) in [6, 6.07) is 6.81. The quantitative estimate of drug-likeness (QED) is 0.623. The lowest BCUT2D eigenvalue weighted by Gasteiger charge is -2.33. The second kappa shape index (κ2) is 7.86. The number of H-pyrrole nitrogens is 1. The van der Waals surface area contributed by atoms with Gasteiger partial charge in [0.05, 0.1) is 5.69 Å². The molecule has 11 heteroatoms. The molecule has 5 rings (SSSR count). The Balaban J connectivity index is 1.28. The van der Waals surface area contributed by atoms with Gasteiger partial charge in [-0.25, -0.2) is 13.4 Å². The van der Waals surface area contributed by atoms with Gasteiger partial charge in [-0.2, -0.15) is 4.31 Å². The lowest BCUT2D eigenvalue weighted by molar-refractivity contribution is 0.0697. The fraction of sp³-hybridized carbons (Fsp3) is 0.400. The Morgan fingerprint density at radius 3 is 2.71 bits per heavy atom. The van der Waals surface area contributed by atoms with Crippen LogP contribution in [0.3, 0.4) is 0 Å². The zero-order valence-corrected chi connectivity index (χ0v) is 19.4. The topological polar surface area (TPSA) is 89.6 Å². The monoisotopic (exact) mass is 479 g/mol. The van der Waals surface area contributed by atoms with E-state index in [9.17, 15) is 13.2 Å². The average Bonchev–Trinajstić information content (AvgIpc) is 3.37. The van der Waals surface area contributed by atoms with Gasteiger partial charge < -0.3 is 14.8 Å². The number of nitrogens with one attached hydrogen (secondary N) is 1. The molecule has 0 aliphatic carbocycles. The molecule has 164 valence electrons. The first-order chi connectivity index (χ1) is 14.8. The molecule has 0 radical (unpaired) electrons. The van der Waals surface area contributed by atoms with Gasteiger partial charge in [0.15, 0.2) is 5.01 Å². The molecule has 0 saturated carbocycles. The number of benzene rings is 1. The number of fused-ring (bicyclic) bond motifs is 2. The molecular formula is C20H22ClN5O3S2. The van der Waals surface area contributed by atoms with Crippen LogP contribution < -0.4 is 0 Å². The Labute approximate surface area is 189 Å². The van der Waals surface area contributed by atoms with Gasteiger partial charge in [0.2, 0.25) is 0 Å². The van der Waals surface area contributed by atoms with Crippen molar-refractivity contribution >= 4 is 49.8 Å². The fourth-order valence-corrected chi connectivity index (χ4v) is 6.81. The van der Waals surface area contributed by atoms with Gasteiger partial charge in [-0.3, -0.25) is 4.79 Å². The first-order valence-corrected chi connectivity index (χ1v) is 12.7. The van der Waals surface area contributed by atoms with Crippen LogP contribution in [0.15, 0.2) is 29.3 Å². The van der Waals surface area contributed by atoms with Crippen molar-refractivity contribution in [2.75, 3.05) is 39.8 Å². The maximum absolute atomic E-state index is 13.1. The Morgan fingerprint density at radius 2 is 1.94 bits per heavy atom. The van der Waals surface area contributed by atoms with E-state index in [2.05, 4.69) is 21.9 Å². The zero-order chi connectivity index (χ0) is 21.8. The molecule has 1 fully saturated rings. The number of thiazole rings is 1. The third-order valence-electron chi connectivity index (χ3n) is 5.81. The minimum atomic E-state index is -3.68. The van der Waals surface area contributed by atoms with Crippen molar-refractivity contribution < 1.29 is 13.2 Å². The maximum atomic E-state index is 13.1. The summed E-state index contributed by atoms with van der Waals surface area (Å²) in [5.74, 6) is -0.112. The van der Waals surface area contributed by atoms with Crippen molar-refractivity contribution in [2.24, 2.45) is 0 Å². The Kier molecular flexibility index (Phi) is 5.30. The van der Waals surface area contributed by atoms with Gasteiger partial charge in [0.1, 0.15) is 5.03 Å². The summed E-state index contributed by atoms with van der Waals surface area (Å²) in [4.78, 5) is 25.5. The zero-order valence-electron chi connectivity index (χ0n) is 17.0. The molecule has 1 saturated heterocycles. The number of amides is 1. The number of aromatic nitrogens is 2. The number of sulfonamides is 1. The molecule has 1 aromatic carbocycles. The van der Waals surface area contributed by atoms with Crippen LogP contribution in [0.2, 0.25) is 5.02 Å². The smallest absolute Gasteiger partial charge is 0.282 e.